The van der Waals surface area contributed by atoms with Gasteiger partial charge in [-0.25, -0.2) is 9.78 Å². The molecule has 1 aromatic rings. The molecule has 17 heavy (non-hydrogen) atoms. The normalized spacial score (nSPS) is 9.53. The van der Waals surface area contributed by atoms with Crippen LogP contribution in [0.15, 0.2) is 18.6 Å². The van der Waals surface area contributed by atoms with Crippen molar-refractivity contribution < 1.29 is 9.59 Å². The number of carbonyl (C=O) groups excluding carboxylic acids is 2. The Balaban J connectivity index is 2.24. The van der Waals surface area contributed by atoms with E-state index in [9.17, 15) is 9.59 Å². The van der Waals surface area contributed by atoms with Gasteiger partial charge < -0.3 is 15.5 Å². The number of rotatable bonds is 4. The molecule has 0 radical (unpaired) electrons. The van der Waals surface area contributed by atoms with Crippen LogP contribution >= 0.6 is 0 Å². The van der Waals surface area contributed by atoms with Crippen LogP contribution in [-0.4, -0.2) is 54.0 Å². The molecule has 1 aromatic heterocycles. The molecular weight excluding hydrogens is 222 g/mol. The molecule has 0 aliphatic carbocycles. The molecule has 0 atom stereocenters. The maximum absolute atomic E-state index is 11.5. The van der Waals surface area contributed by atoms with Crippen LogP contribution in [0.5, 0.6) is 0 Å². The van der Waals surface area contributed by atoms with Crippen molar-refractivity contribution in [1.29, 1.82) is 0 Å². The quantitative estimate of drug-likeness (QED) is 0.690. The molecule has 92 valence electrons. The fraction of sp³-hybridized carbons (Fsp3) is 0.400. The summed E-state index contributed by atoms with van der Waals surface area (Å²) in [5.74, 6) is -0.308. The van der Waals surface area contributed by atoms with Gasteiger partial charge in [0, 0.05) is 39.6 Å². The summed E-state index contributed by atoms with van der Waals surface area (Å²) in [4.78, 5) is 31.7. The topological polar surface area (TPSA) is 87.2 Å². The number of aromatic nitrogens is 2. The summed E-state index contributed by atoms with van der Waals surface area (Å²) in [5.41, 5.74) is 0.256. The average molecular weight is 237 g/mol. The predicted molar refractivity (Wildman–Crippen MR) is 61.5 cm³/mol. The second-order valence-corrected chi connectivity index (χ2v) is 3.47. The highest BCUT2D eigenvalue weighted by molar-refractivity contribution is 5.91. The van der Waals surface area contributed by atoms with Gasteiger partial charge in [0.1, 0.15) is 5.69 Å². The summed E-state index contributed by atoms with van der Waals surface area (Å²) in [6.07, 6.45) is 4.32. The summed E-state index contributed by atoms with van der Waals surface area (Å²) < 4.78 is 0. The Hall–Kier alpha value is -2.18. The van der Waals surface area contributed by atoms with E-state index in [1.807, 2.05) is 0 Å². The van der Waals surface area contributed by atoms with E-state index in [0.29, 0.717) is 13.1 Å². The van der Waals surface area contributed by atoms with Crippen molar-refractivity contribution in [2.45, 2.75) is 0 Å². The predicted octanol–water partition coefficient (Wildman–Crippen LogP) is -0.522. The molecule has 0 bridgehead atoms. The minimum Gasteiger partial charge on any atom is -0.349 e. The smallest absolute Gasteiger partial charge is 0.316 e. The van der Waals surface area contributed by atoms with Crippen molar-refractivity contribution >= 4 is 11.9 Å². The molecule has 7 heteroatoms. The SMILES string of the molecule is CN(C)C(=O)NCCNC(=O)c1cnccn1. The maximum Gasteiger partial charge on any atom is 0.316 e. The molecule has 0 fully saturated rings. The number of carbonyl (C=O) groups is 2. The van der Waals surface area contributed by atoms with E-state index in [-0.39, 0.29) is 17.6 Å². The zero-order valence-electron chi connectivity index (χ0n) is 9.80. The Morgan fingerprint density at radius 2 is 1.94 bits per heavy atom. The molecule has 2 N–H and O–H groups in total. The van der Waals surface area contributed by atoms with Gasteiger partial charge in [-0.05, 0) is 0 Å². The number of hydrogen-bond donors (Lipinski definition) is 2. The lowest BCUT2D eigenvalue weighted by molar-refractivity contribution is 0.0948. The molecule has 0 aromatic carbocycles. The third-order valence-electron chi connectivity index (χ3n) is 1.89. The first-order chi connectivity index (χ1) is 8.11. The van der Waals surface area contributed by atoms with Gasteiger partial charge in [0.15, 0.2) is 0 Å². The van der Waals surface area contributed by atoms with E-state index in [4.69, 9.17) is 0 Å². The van der Waals surface area contributed by atoms with Gasteiger partial charge in [0.2, 0.25) is 0 Å². The number of nitrogens with one attached hydrogen (secondary N) is 2. The van der Waals surface area contributed by atoms with E-state index in [0.717, 1.165) is 0 Å². The molecule has 1 rings (SSSR count). The van der Waals surface area contributed by atoms with Crippen LogP contribution in [-0.2, 0) is 0 Å². The van der Waals surface area contributed by atoms with Crippen LogP contribution < -0.4 is 10.6 Å². The second kappa shape index (κ2) is 6.41. The summed E-state index contributed by atoms with van der Waals surface area (Å²) in [6.45, 7) is 0.706. The number of nitrogens with zero attached hydrogens (tertiary/aromatic N) is 3. The molecule has 0 saturated heterocycles. The highest BCUT2D eigenvalue weighted by atomic mass is 16.2. The van der Waals surface area contributed by atoms with Crippen molar-refractivity contribution in [3.63, 3.8) is 0 Å². The molecule has 0 unspecified atom stereocenters. The Kier molecular flexibility index (Phi) is 4.86. The van der Waals surface area contributed by atoms with Gasteiger partial charge >= 0.3 is 6.03 Å². The van der Waals surface area contributed by atoms with Crippen LogP contribution in [0.1, 0.15) is 10.5 Å². The number of amides is 3. The highest BCUT2D eigenvalue weighted by Crippen LogP contribution is 1.88. The van der Waals surface area contributed by atoms with E-state index < -0.39 is 0 Å². The van der Waals surface area contributed by atoms with Crippen molar-refractivity contribution in [2.24, 2.45) is 0 Å². The molecule has 0 aliphatic heterocycles. The van der Waals surface area contributed by atoms with Crippen LogP contribution in [0, 0.1) is 0 Å². The Labute approximate surface area is 99.2 Å². The van der Waals surface area contributed by atoms with E-state index in [1.54, 1.807) is 14.1 Å². The van der Waals surface area contributed by atoms with Crippen molar-refractivity contribution in [2.75, 3.05) is 27.2 Å². The molecule has 0 spiro atoms. The van der Waals surface area contributed by atoms with E-state index in [2.05, 4.69) is 20.6 Å². The van der Waals surface area contributed by atoms with Gasteiger partial charge in [0.25, 0.3) is 5.91 Å². The first-order valence-corrected chi connectivity index (χ1v) is 5.10. The third kappa shape index (κ3) is 4.45. The van der Waals surface area contributed by atoms with Crippen molar-refractivity contribution in [3.8, 4) is 0 Å². The average Bonchev–Trinajstić information content (AvgIpc) is 2.35. The second-order valence-electron chi connectivity index (χ2n) is 3.47. The van der Waals surface area contributed by atoms with Crippen LogP contribution in [0.2, 0.25) is 0 Å². The van der Waals surface area contributed by atoms with Gasteiger partial charge in [0.05, 0.1) is 6.20 Å². The molecular formula is C10H15N5O2. The fourth-order valence-electron chi connectivity index (χ4n) is 1.01. The first-order valence-electron chi connectivity index (χ1n) is 5.10. The highest BCUT2D eigenvalue weighted by Gasteiger charge is 2.06. The molecule has 0 saturated carbocycles. The number of urea groups is 1. The minimum atomic E-state index is -0.308. The summed E-state index contributed by atoms with van der Waals surface area (Å²) in [7, 11) is 3.29. The summed E-state index contributed by atoms with van der Waals surface area (Å²) in [5, 5.41) is 5.24. The van der Waals surface area contributed by atoms with Crippen LogP contribution in [0.25, 0.3) is 0 Å². The number of hydrogen-bond acceptors (Lipinski definition) is 4. The largest absolute Gasteiger partial charge is 0.349 e. The lowest BCUT2D eigenvalue weighted by Crippen LogP contribution is -2.39. The maximum atomic E-state index is 11.5. The van der Waals surface area contributed by atoms with Crippen LogP contribution in [0.4, 0.5) is 4.79 Å². The lowest BCUT2D eigenvalue weighted by Gasteiger charge is -2.11. The third-order valence-corrected chi connectivity index (χ3v) is 1.89. The van der Waals surface area contributed by atoms with E-state index in [1.165, 1.54) is 23.5 Å². The van der Waals surface area contributed by atoms with Gasteiger partial charge in [-0.2, -0.15) is 0 Å². The molecule has 7 nitrogen and oxygen atoms in total. The minimum absolute atomic E-state index is 0.196. The van der Waals surface area contributed by atoms with Crippen molar-refractivity contribution in [1.82, 2.24) is 25.5 Å². The summed E-state index contributed by atoms with van der Waals surface area (Å²) >= 11 is 0. The Morgan fingerprint density at radius 3 is 2.53 bits per heavy atom. The summed E-state index contributed by atoms with van der Waals surface area (Å²) in [6, 6.07) is -0.196. The van der Waals surface area contributed by atoms with Crippen molar-refractivity contribution in [3.05, 3.63) is 24.3 Å². The Bertz CT molecular complexity index is 380. The lowest BCUT2D eigenvalue weighted by atomic mass is 10.4. The van der Waals surface area contributed by atoms with Gasteiger partial charge in [-0.3, -0.25) is 9.78 Å². The monoisotopic (exact) mass is 237 g/mol. The zero-order chi connectivity index (χ0) is 12.7. The van der Waals surface area contributed by atoms with E-state index >= 15 is 0 Å². The van der Waals surface area contributed by atoms with Gasteiger partial charge in [-0.15, -0.1) is 0 Å². The molecule has 0 aliphatic rings. The molecule has 1 heterocycles. The molecule has 3 amide bonds. The Morgan fingerprint density at radius 1 is 1.24 bits per heavy atom. The standard InChI is InChI=1S/C10H15N5O2/c1-15(2)10(17)14-6-5-13-9(16)8-7-11-3-4-12-8/h3-4,7H,5-6H2,1-2H3,(H,13,16)(H,14,17). The zero-order valence-corrected chi connectivity index (χ0v) is 9.80. The van der Waals surface area contributed by atoms with Gasteiger partial charge in [-0.1, -0.05) is 0 Å². The van der Waals surface area contributed by atoms with Crippen LogP contribution in [0.3, 0.4) is 0 Å². The fourth-order valence-corrected chi connectivity index (χ4v) is 1.01. The first kappa shape index (κ1) is 12.9.